The molecule has 39 heavy (non-hydrogen) atoms. The summed E-state index contributed by atoms with van der Waals surface area (Å²) in [5.41, 5.74) is 3.91. The third-order valence-electron chi connectivity index (χ3n) is 6.29. The van der Waals surface area contributed by atoms with Crippen molar-refractivity contribution in [2.45, 2.75) is 32.4 Å². The monoisotopic (exact) mass is 543 g/mol. The average molecular weight is 544 g/mol. The Labute approximate surface area is 229 Å². The predicted molar refractivity (Wildman–Crippen MR) is 150 cm³/mol. The second kappa shape index (κ2) is 11.6. The first-order valence-corrected chi connectivity index (χ1v) is 13.5. The van der Waals surface area contributed by atoms with Crippen LogP contribution in [0.25, 0.3) is 0 Å². The number of rotatable bonds is 8. The summed E-state index contributed by atoms with van der Waals surface area (Å²) in [6.45, 7) is 2.21. The van der Waals surface area contributed by atoms with E-state index in [1.165, 1.54) is 23.9 Å². The smallest absolute Gasteiger partial charge is 0.270 e. The van der Waals surface area contributed by atoms with Crippen molar-refractivity contribution in [2.24, 2.45) is 9.98 Å². The molecular formula is C29H26FN5O3S. The highest BCUT2D eigenvalue weighted by atomic mass is 32.2. The molecule has 3 aromatic carbocycles. The van der Waals surface area contributed by atoms with Crippen LogP contribution in [0.2, 0.25) is 0 Å². The number of aryl methyl sites for hydroxylation is 1. The summed E-state index contributed by atoms with van der Waals surface area (Å²) < 4.78 is 13.1. The number of hydrogen-bond donors (Lipinski definition) is 2. The molecule has 5 rings (SSSR count). The van der Waals surface area contributed by atoms with Crippen molar-refractivity contribution in [1.82, 2.24) is 10.2 Å². The minimum atomic E-state index is -0.712. The van der Waals surface area contributed by atoms with Gasteiger partial charge in [0.15, 0.2) is 5.17 Å². The largest absolute Gasteiger partial charge is 0.352 e. The number of amidine groups is 2. The van der Waals surface area contributed by atoms with Crippen LogP contribution in [0.3, 0.4) is 0 Å². The molecular weight excluding hydrogens is 517 g/mol. The predicted octanol–water partition coefficient (Wildman–Crippen LogP) is 4.56. The maximum Gasteiger partial charge on any atom is 0.270 e. The molecule has 2 aliphatic rings. The molecule has 0 saturated heterocycles. The molecule has 2 N–H and O–H groups in total. The molecule has 2 aliphatic heterocycles. The lowest BCUT2D eigenvalue weighted by atomic mass is 10.1. The molecule has 0 spiro atoms. The molecule has 0 fully saturated rings. The first-order chi connectivity index (χ1) is 18.9. The van der Waals surface area contributed by atoms with E-state index in [1.807, 2.05) is 55.5 Å². The zero-order valence-electron chi connectivity index (χ0n) is 21.2. The zero-order valence-corrected chi connectivity index (χ0v) is 22.0. The average Bonchev–Trinajstić information content (AvgIpc) is 3.26. The van der Waals surface area contributed by atoms with Gasteiger partial charge in [-0.25, -0.2) is 9.38 Å². The molecule has 10 heteroatoms. The van der Waals surface area contributed by atoms with Crippen LogP contribution in [-0.2, 0) is 20.9 Å². The molecule has 0 saturated carbocycles. The van der Waals surface area contributed by atoms with Crippen LogP contribution >= 0.6 is 11.8 Å². The number of amides is 3. The number of fused-ring (bicyclic) bond motifs is 3. The number of halogens is 1. The third kappa shape index (κ3) is 6.23. The quantitative estimate of drug-likeness (QED) is 0.434. The Morgan fingerprint density at radius 3 is 2.59 bits per heavy atom. The Balaban J connectivity index is 1.26. The Morgan fingerprint density at radius 1 is 1.00 bits per heavy atom. The highest BCUT2D eigenvalue weighted by Gasteiger charge is 2.41. The number of carbonyl (C=O) groups excluding carboxylic acids is 3. The van der Waals surface area contributed by atoms with E-state index in [2.05, 4.69) is 15.6 Å². The highest BCUT2D eigenvalue weighted by Crippen LogP contribution is 2.35. The van der Waals surface area contributed by atoms with Crippen LogP contribution in [-0.4, -0.2) is 45.4 Å². The molecule has 3 amide bonds. The van der Waals surface area contributed by atoms with Gasteiger partial charge < -0.3 is 10.6 Å². The molecule has 2 heterocycles. The van der Waals surface area contributed by atoms with Gasteiger partial charge in [0, 0.05) is 24.2 Å². The summed E-state index contributed by atoms with van der Waals surface area (Å²) in [6.07, 6.45) is 0.308. The number of nitrogens with zero attached hydrogens (tertiary/aromatic N) is 3. The van der Waals surface area contributed by atoms with Crippen LogP contribution in [0.5, 0.6) is 0 Å². The van der Waals surface area contributed by atoms with Gasteiger partial charge in [0.2, 0.25) is 11.8 Å². The summed E-state index contributed by atoms with van der Waals surface area (Å²) in [6, 6.07) is 20.1. The van der Waals surface area contributed by atoms with Gasteiger partial charge in [-0.2, -0.15) is 4.99 Å². The number of para-hydroxylation sites is 1. The maximum atomic E-state index is 13.1. The minimum Gasteiger partial charge on any atom is -0.352 e. The second-order valence-electron chi connectivity index (χ2n) is 9.22. The van der Waals surface area contributed by atoms with Gasteiger partial charge >= 0.3 is 0 Å². The number of anilines is 1. The summed E-state index contributed by atoms with van der Waals surface area (Å²) in [5, 5.41) is 6.17. The Hall–Kier alpha value is -4.31. The van der Waals surface area contributed by atoms with E-state index in [0.29, 0.717) is 22.4 Å². The Morgan fingerprint density at radius 2 is 1.79 bits per heavy atom. The van der Waals surface area contributed by atoms with E-state index >= 15 is 0 Å². The van der Waals surface area contributed by atoms with Crippen LogP contribution < -0.4 is 10.6 Å². The van der Waals surface area contributed by atoms with Gasteiger partial charge in [0.05, 0.1) is 11.4 Å². The van der Waals surface area contributed by atoms with Gasteiger partial charge in [-0.1, -0.05) is 48.2 Å². The van der Waals surface area contributed by atoms with E-state index in [9.17, 15) is 18.8 Å². The number of hydrogen-bond acceptors (Lipinski definition) is 6. The lowest BCUT2D eigenvalue weighted by Gasteiger charge is -2.31. The molecule has 198 valence electrons. The van der Waals surface area contributed by atoms with Crippen molar-refractivity contribution in [2.75, 3.05) is 11.1 Å². The number of benzene rings is 3. The van der Waals surface area contributed by atoms with Crippen molar-refractivity contribution in [3.8, 4) is 0 Å². The minimum absolute atomic E-state index is 0.0811. The first-order valence-electron chi connectivity index (χ1n) is 12.5. The van der Waals surface area contributed by atoms with Crippen LogP contribution in [0.4, 0.5) is 15.8 Å². The normalized spacial score (nSPS) is 15.7. The van der Waals surface area contributed by atoms with E-state index in [4.69, 9.17) is 4.99 Å². The van der Waals surface area contributed by atoms with Crippen molar-refractivity contribution in [3.05, 3.63) is 95.3 Å². The van der Waals surface area contributed by atoms with Crippen molar-refractivity contribution < 1.29 is 18.8 Å². The number of nitrogens with one attached hydrogen (secondary N) is 2. The molecule has 0 aliphatic carbocycles. The second-order valence-corrected chi connectivity index (χ2v) is 10.2. The molecule has 8 nitrogen and oxygen atoms in total. The molecule has 0 aromatic heterocycles. The lowest BCUT2D eigenvalue weighted by molar-refractivity contribution is -0.122. The SMILES string of the molecule is Cc1cccc(NC(=O)CSC2=Nc3ccccc3C3=NC(=O)C(CCC(=O)NCc4ccc(F)cc4)N23)c1. The summed E-state index contributed by atoms with van der Waals surface area (Å²) in [4.78, 5) is 49.0. The molecule has 1 unspecified atom stereocenters. The standard InChI is InChI=1S/C29H26FN5O3S/c1-18-5-4-6-21(15-18)32-26(37)17-39-29-33-23-8-3-2-7-22(23)27-34-28(38)24(35(27)29)13-14-25(36)31-16-19-9-11-20(30)12-10-19/h2-12,15,24H,13-14,16-17H2,1H3,(H,31,36)(H,32,37). The molecule has 0 bridgehead atoms. The van der Waals surface area contributed by atoms with Crippen LogP contribution in [0.15, 0.2) is 82.8 Å². The van der Waals surface area contributed by atoms with E-state index in [-0.39, 0.29) is 48.7 Å². The van der Waals surface area contributed by atoms with E-state index < -0.39 is 6.04 Å². The van der Waals surface area contributed by atoms with Gasteiger partial charge in [-0.15, -0.1) is 0 Å². The van der Waals surface area contributed by atoms with Gasteiger partial charge in [-0.3, -0.25) is 19.3 Å². The van der Waals surface area contributed by atoms with Gasteiger partial charge in [-0.05, 0) is 60.9 Å². The Bertz CT molecular complexity index is 1490. The number of thioether (sulfide) groups is 1. The number of aliphatic imine (C=N–C) groups is 2. The lowest BCUT2D eigenvalue weighted by Crippen LogP contribution is -2.44. The van der Waals surface area contributed by atoms with Crippen LogP contribution in [0.1, 0.15) is 29.5 Å². The zero-order chi connectivity index (χ0) is 27.4. The summed E-state index contributed by atoms with van der Waals surface area (Å²) >= 11 is 1.22. The fraction of sp³-hybridized carbons (Fsp3) is 0.207. The summed E-state index contributed by atoms with van der Waals surface area (Å²) in [7, 11) is 0. The van der Waals surface area contributed by atoms with E-state index in [1.54, 1.807) is 17.0 Å². The van der Waals surface area contributed by atoms with Gasteiger partial charge in [0.1, 0.15) is 17.7 Å². The van der Waals surface area contributed by atoms with Crippen molar-refractivity contribution in [1.29, 1.82) is 0 Å². The fourth-order valence-corrected chi connectivity index (χ4v) is 5.23. The van der Waals surface area contributed by atoms with Crippen molar-refractivity contribution in [3.63, 3.8) is 0 Å². The number of carbonyl (C=O) groups is 3. The topological polar surface area (TPSA) is 103 Å². The Kier molecular flexibility index (Phi) is 7.83. The third-order valence-corrected chi connectivity index (χ3v) is 7.24. The molecule has 0 radical (unpaired) electrons. The first kappa shape index (κ1) is 26.3. The van der Waals surface area contributed by atoms with Crippen LogP contribution in [0, 0.1) is 12.7 Å². The highest BCUT2D eigenvalue weighted by molar-refractivity contribution is 8.14. The van der Waals surface area contributed by atoms with E-state index in [0.717, 1.165) is 16.7 Å². The maximum absolute atomic E-state index is 13.1. The summed E-state index contributed by atoms with van der Waals surface area (Å²) in [5.74, 6) is -0.576. The molecule has 3 aromatic rings. The fourth-order valence-electron chi connectivity index (χ4n) is 4.39. The van der Waals surface area contributed by atoms with Gasteiger partial charge in [0.25, 0.3) is 5.91 Å². The van der Waals surface area contributed by atoms with Crippen molar-refractivity contribution >= 4 is 51.9 Å². The molecule has 1 atom stereocenters.